The number of ether oxygens (including phenoxy) is 1. The van der Waals surface area contributed by atoms with E-state index < -0.39 is 0 Å². The highest BCUT2D eigenvalue weighted by Crippen LogP contribution is 2.20. The minimum absolute atomic E-state index is 0.121. The molecule has 0 bridgehead atoms. The first-order chi connectivity index (χ1) is 13.6. The van der Waals surface area contributed by atoms with Gasteiger partial charge in [0.05, 0.1) is 6.61 Å². The number of benzene rings is 3. The molecule has 0 aliphatic carbocycles. The van der Waals surface area contributed by atoms with Crippen molar-refractivity contribution in [1.29, 1.82) is 0 Å². The van der Waals surface area contributed by atoms with Crippen LogP contribution in [-0.2, 0) is 19.7 Å². The molecule has 0 aliphatic heterocycles. The first-order valence-corrected chi connectivity index (χ1v) is 9.71. The molecule has 3 aromatic carbocycles. The van der Waals surface area contributed by atoms with Gasteiger partial charge in [-0.3, -0.25) is 4.90 Å². The Morgan fingerprint density at radius 3 is 2.39 bits per heavy atom. The molecule has 4 heteroatoms. The predicted octanol–water partition coefficient (Wildman–Crippen LogP) is 5.10. The van der Waals surface area contributed by atoms with Crippen molar-refractivity contribution in [2.45, 2.75) is 19.7 Å². The quantitative estimate of drug-likeness (QED) is 0.548. The lowest BCUT2D eigenvalue weighted by molar-refractivity contribution is 0.184. The Morgan fingerprint density at radius 2 is 1.64 bits per heavy atom. The van der Waals surface area contributed by atoms with E-state index in [4.69, 9.17) is 16.3 Å². The fraction of sp³-hybridized carbons (Fsp3) is 0.208. The summed E-state index contributed by atoms with van der Waals surface area (Å²) in [6, 6.07) is 23.9. The molecule has 3 aromatic rings. The Hall–Kier alpha value is -2.33. The smallest absolute Gasteiger partial charge is 0.120 e. The number of aliphatic hydroxyl groups is 1. The standard InChI is InChI=1S/C24H25ClNO2/c1-19-9-11-20(12-10-19)16-26(13-14-27)17-21-5-4-7-23(15-21)28-18-22-6-2-3-8-24(22)25/h2-12,15,27H,1,13-14,16-18H2. The number of aliphatic hydroxyl groups excluding tert-OH is 1. The second-order valence-corrected chi connectivity index (χ2v) is 7.19. The maximum absolute atomic E-state index is 9.44. The minimum Gasteiger partial charge on any atom is -0.489 e. The van der Waals surface area contributed by atoms with Crippen LogP contribution in [0.3, 0.4) is 0 Å². The maximum atomic E-state index is 9.44. The average molecular weight is 395 g/mol. The van der Waals surface area contributed by atoms with Crippen molar-refractivity contribution in [2.24, 2.45) is 0 Å². The molecule has 0 unspecified atom stereocenters. The molecule has 3 nitrogen and oxygen atoms in total. The summed E-state index contributed by atoms with van der Waals surface area (Å²) >= 11 is 6.20. The van der Waals surface area contributed by atoms with Crippen LogP contribution < -0.4 is 4.74 Å². The van der Waals surface area contributed by atoms with E-state index in [1.807, 2.05) is 54.6 Å². The molecule has 0 saturated heterocycles. The van der Waals surface area contributed by atoms with E-state index >= 15 is 0 Å². The third-order valence-corrected chi connectivity index (χ3v) is 4.87. The number of halogens is 1. The van der Waals surface area contributed by atoms with Crippen LogP contribution >= 0.6 is 11.6 Å². The van der Waals surface area contributed by atoms with E-state index in [1.54, 1.807) is 0 Å². The van der Waals surface area contributed by atoms with Gasteiger partial charge in [-0.1, -0.05) is 66.2 Å². The van der Waals surface area contributed by atoms with Gasteiger partial charge in [0.25, 0.3) is 0 Å². The highest BCUT2D eigenvalue weighted by molar-refractivity contribution is 6.31. The molecule has 0 aliphatic rings. The summed E-state index contributed by atoms with van der Waals surface area (Å²) in [6.45, 7) is 6.59. The second kappa shape index (κ2) is 10.3. The molecule has 1 N–H and O–H groups in total. The molecule has 0 saturated carbocycles. The minimum atomic E-state index is 0.121. The van der Waals surface area contributed by atoms with Crippen LogP contribution in [-0.4, -0.2) is 23.2 Å². The van der Waals surface area contributed by atoms with Crippen molar-refractivity contribution in [3.8, 4) is 5.75 Å². The Morgan fingerprint density at radius 1 is 0.893 bits per heavy atom. The monoisotopic (exact) mass is 394 g/mol. The number of hydrogen-bond donors (Lipinski definition) is 1. The first-order valence-electron chi connectivity index (χ1n) is 9.33. The van der Waals surface area contributed by atoms with Gasteiger partial charge in [0.15, 0.2) is 0 Å². The van der Waals surface area contributed by atoms with E-state index in [2.05, 4.69) is 30.0 Å². The molecule has 0 aromatic heterocycles. The van der Waals surface area contributed by atoms with Crippen LogP contribution in [0.1, 0.15) is 22.3 Å². The van der Waals surface area contributed by atoms with Crippen molar-refractivity contribution in [2.75, 3.05) is 13.2 Å². The molecule has 0 heterocycles. The SMILES string of the molecule is [CH2]c1ccc(CN(CCO)Cc2cccc(OCc3ccccc3Cl)c2)cc1. The van der Waals surface area contributed by atoms with Gasteiger partial charge in [-0.2, -0.15) is 0 Å². The molecule has 28 heavy (non-hydrogen) atoms. The molecule has 1 radical (unpaired) electrons. The Labute approximate surface area is 172 Å². The molecule has 3 rings (SSSR count). The second-order valence-electron chi connectivity index (χ2n) is 6.78. The summed E-state index contributed by atoms with van der Waals surface area (Å²) in [5.74, 6) is 0.808. The fourth-order valence-electron chi connectivity index (χ4n) is 3.03. The summed E-state index contributed by atoms with van der Waals surface area (Å²) in [5.41, 5.74) is 4.30. The van der Waals surface area contributed by atoms with Crippen LogP contribution in [0, 0.1) is 6.92 Å². The summed E-state index contributed by atoms with van der Waals surface area (Å²) in [7, 11) is 0. The van der Waals surface area contributed by atoms with Crippen molar-refractivity contribution >= 4 is 11.6 Å². The Kier molecular flexibility index (Phi) is 7.49. The van der Waals surface area contributed by atoms with E-state index in [0.717, 1.165) is 35.5 Å². The Bertz CT molecular complexity index is 880. The van der Waals surface area contributed by atoms with Crippen LogP contribution in [0.15, 0.2) is 72.8 Å². The zero-order valence-electron chi connectivity index (χ0n) is 15.9. The summed E-state index contributed by atoms with van der Waals surface area (Å²) in [5, 5.41) is 10.1. The average Bonchev–Trinajstić information content (AvgIpc) is 2.70. The number of rotatable bonds is 9. The van der Waals surface area contributed by atoms with Crippen molar-refractivity contribution < 1.29 is 9.84 Å². The van der Waals surface area contributed by atoms with Crippen LogP contribution in [0.25, 0.3) is 0 Å². The van der Waals surface area contributed by atoms with Crippen LogP contribution in [0.2, 0.25) is 5.02 Å². The normalized spacial score (nSPS) is 11.0. The Balaban J connectivity index is 1.64. The van der Waals surface area contributed by atoms with Crippen molar-refractivity contribution in [3.05, 3.63) is 107 Å². The van der Waals surface area contributed by atoms with Gasteiger partial charge >= 0.3 is 0 Å². The van der Waals surface area contributed by atoms with Gasteiger partial charge in [-0.15, -0.1) is 0 Å². The zero-order chi connectivity index (χ0) is 19.8. The number of nitrogens with zero attached hydrogens (tertiary/aromatic N) is 1. The predicted molar refractivity (Wildman–Crippen MR) is 114 cm³/mol. The largest absolute Gasteiger partial charge is 0.489 e. The van der Waals surface area contributed by atoms with E-state index in [9.17, 15) is 5.11 Å². The summed E-state index contributed by atoms with van der Waals surface area (Å²) < 4.78 is 5.93. The molecule has 0 fully saturated rings. The molecular formula is C24H25ClNO2. The highest BCUT2D eigenvalue weighted by atomic mass is 35.5. The van der Waals surface area contributed by atoms with Gasteiger partial charge in [-0.05, 0) is 41.8 Å². The third kappa shape index (κ3) is 6.10. The first kappa shape index (κ1) is 20.4. The zero-order valence-corrected chi connectivity index (χ0v) is 16.6. The van der Waals surface area contributed by atoms with Crippen LogP contribution in [0.5, 0.6) is 5.75 Å². The van der Waals surface area contributed by atoms with Gasteiger partial charge < -0.3 is 9.84 Å². The summed E-state index contributed by atoms with van der Waals surface area (Å²) in [6.07, 6.45) is 0. The molecule has 145 valence electrons. The van der Waals surface area contributed by atoms with E-state index in [1.165, 1.54) is 5.56 Å². The van der Waals surface area contributed by atoms with Crippen molar-refractivity contribution in [3.63, 3.8) is 0 Å². The van der Waals surface area contributed by atoms with Crippen LogP contribution in [0.4, 0.5) is 0 Å². The molecule has 0 atom stereocenters. The highest BCUT2D eigenvalue weighted by Gasteiger charge is 2.08. The van der Waals surface area contributed by atoms with E-state index in [0.29, 0.717) is 18.2 Å². The van der Waals surface area contributed by atoms with Gasteiger partial charge in [0, 0.05) is 30.2 Å². The number of hydrogen-bond acceptors (Lipinski definition) is 3. The molecule has 0 amide bonds. The molecular weight excluding hydrogens is 370 g/mol. The lowest BCUT2D eigenvalue weighted by Gasteiger charge is -2.22. The van der Waals surface area contributed by atoms with Crippen molar-refractivity contribution in [1.82, 2.24) is 4.90 Å². The van der Waals surface area contributed by atoms with E-state index in [-0.39, 0.29) is 6.61 Å². The van der Waals surface area contributed by atoms with Gasteiger partial charge in [-0.25, -0.2) is 0 Å². The maximum Gasteiger partial charge on any atom is 0.120 e. The summed E-state index contributed by atoms with van der Waals surface area (Å²) in [4.78, 5) is 2.21. The van der Waals surface area contributed by atoms with Gasteiger partial charge in [0.1, 0.15) is 12.4 Å². The fourth-order valence-corrected chi connectivity index (χ4v) is 3.22. The lowest BCUT2D eigenvalue weighted by Crippen LogP contribution is -2.26. The lowest BCUT2D eigenvalue weighted by atomic mass is 10.1. The third-order valence-electron chi connectivity index (χ3n) is 4.50. The molecule has 0 spiro atoms. The van der Waals surface area contributed by atoms with Gasteiger partial charge in [0.2, 0.25) is 0 Å². The topological polar surface area (TPSA) is 32.7 Å².